The van der Waals surface area contributed by atoms with Gasteiger partial charge in [-0.15, -0.1) is 0 Å². The molecule has 0 aliphatic rings. The minimum atomic E-state index is 0.635. The number of aliphatic imine (C=N–C) groups is 1. The Morgan fingerprint density at radius 3 is 2.65 bits per heavy atom. The Bertz CT molecular complexity index is 520. The third-order valence-corrected chi connectivity index (χ3v) is 2.41. The number of nitrogens with one attached hydrogen (secondary N) is 1. The highest BCUT2D eigenvalue weighted by molar-refractivity contribution is 6.00. The zero-order chi connectivity index (χ0) is 12.1. The van der Waals surface area contributed by atoms with Crippen molar-refractivity contribution >= 4 is 11.5 Å². The zero-order valence-corrected chi connectivity index (χ0v) is 9.59. The fraction of sp³-hybridized carbons (Fsp3) is 0.0769. The second kappa shape index (κ2) is 5.23. The van der Waals surface area contributed by atoms with Crippen molar-refractivity contribution in [3.05, 3.63) is 59.9 Å². The van der Waals surface area contributed by atoms with Crippen LogP contribution >= 0.6 is 0 Å². The third-order valence-electron chi connectivity index (χ3n) is 2.41. The van der Waals surface area contributed by atoms with Gasteiger partial charge >= 0.3 is 0 Å². The molecule has 2 aromatic rings. The minimum absolute atomic E-state index is 0.635. The van der Waals surface area contributed by atoms with E-state index in [4.69, 9.17) is 5.84 Å². The molecule has 0 aliphatic heterocycles. The fourth-order valence-electron chi connectivity index (χ4n) is 1.54. The van der Waals surface area contributed by atoms with E-state index in [2.05, 4.69) is 15.4 Å². The molecule has 0 fully saturated rings. The average Bonchev–Trinajstić information content (AvgIpc) is 2.38. The maximum absolute atomic E-state index is 5.52. The summed E-state index contributed by atoms with van der Waals surface area (Å²) < 4.78 is 0. The summed E-state index contributed by atoms with van der Waals surface area (Å²) in [5.41, 5.74) is 5.47. The SMILES string of the molecule is Cc1cnccc1C(=Nc1ccccc1)NN. The molecule has 1 aromatic heterocycles. The Morgan fingerprint density at radius 2 is 2.00 bits per heavy atom. The summed E-state index contributed by atoms with van der Waals surface area (Å²) in [6, 6.07) is 11.6. The smallest absolute Gasteiger partial charge is 0.148 e. The highest BCUT2D eigenvalue weighted by atomic mass is 15.2. The van der Waals surface area contributed by atoms with Crippen molar-refractivity contribution in [2.75, 3.05) is 0 Å². The highest BCUT2D eigenvalue weighted by Crippen LogP contribution is 2.13. The van der Waals surface area contributed by atoms with Gasteiger partial charge in [0.2, 0.25) is 0 Å². The minimum Gasteiger partial charge on any atom is -0.308 e. The van der Waals surface area contributed by atoms with Crippen molar-refractivity contribution in [1.82, 2.24) is 10.4 Å². The summed E-state index contributed by atoms with van der Waals surface area (Å²) in [7, 11) is 0. The molecule has 0 radical (unpaired) electrons. The number of hydrogen-bond acceptors (Lipinski definition) is 3. The standard InChI is InChI=1S/C13H14N4/c1-10-9-15-8-7-12(10)13(17-14)16-11-5-3-2-4-6-11/h2-9H,14H2,1H3,(H,16,17). The van der Waals surface area contributed by atoms with Crippen molar-refractivity contribution in [2.24, 2.45) is 10.8 Å². The van der Waals surface area contributed by atoms with Gasteiger partial charge in [-0.2, -0.15) is 0 Å². The lowest BCUT2D eigenvalue weighted by Crippen LogP contribution is -2.31. The summed E-state index contributed by atoms with van der Waals surface area (Å²) in [6.07, 6.45) is 3.51. The molecule has 3 N–H and O–H groups in total. The molecule has 0 saturated heterocycles. The molecule has 0 saturated carbocycles. The van der Waals surface area contributed by atoms with Crippen molar-refractivity contribution in [1.29, 1.82) is 0 Å². The molecule has 1 heterocycles. The quantitative estimate of drug-likeness (QED) is 0.356. The number of nitrogens with two attached hydrogens (primary N) is 1. The van der Waals surface area contributed by atoms with E-state index in [1.165, 1.54) is 0 Å². The van der Waals surface area contributed by atoms with E-state index in [1.807, 2.05) is 43.3 Å². The number of aromatic nitrogens is 1. The Morgan fingerprint density at radius 1 is 1.24 bits per heavy atom. The normalized spacial score (nSPS) is 11.3. The third kappa shape index (κ3) is 2.68. The van der Waals surface area contributed by atoms with E-state index in [0.717, 1.165) is 16.8 Å². The van der Waals surface area contributed by atoms with Crippen LogP contribution in [0.15, 0.2) is 53.8 Å². The van der Waals surface area contributed by atoms with Crippen LogP contribution in [0.4, 0.5) is 5.69 Å². The largest absolute Gasteiger partial charge is 0.308 e. The maximum Gasteiger partial charge on any atom is 0.148 e. The van der Waals surface area contributed by atoms with Crippen LogP contribution in [0.3, 0.4) is 0 Å². The molecular weight excluding hydrogens is 212 g/mol. The number of rotatable bonds is 2. The summed E-state index contributed by atoms with van der Waals surface area (Å²) in [5.74, 6) is 6.16. The van der Waals surface area contributed by atoms with Gasteiger partial charge in [0.1, 0.15) is 5.84 Å². The van der Waals surface area contributed by atoms with Gasteiger partial charge in [0.05, 0.1) is 5.69 Å². The summed E-state index contributed by atoms with van der Waals surface area (Å²) in [5, 5.41) is 0. The molecular formula is C13H14N4. The van der Waals surface area contributed by atoms with Crippen LogP contribution in [-0.2, 0) is 0 Å². The molecule has 1 aromatic carbocycles. The van der Waals surface area contributed by atoms with Gasteiger partial charge in [0, 0.05) is 18.0 Å². The monoisotopic (exact) mass is 226 g/mol. The van der Waals surface area contributed by atoms with Crippen molar-refractivity contribution in [3.63, 3.8) is 0 Å². The van der Waals surface area contributed by atoms with E-state index in [1.54, 1.807) is 12.4 Å². The summed E-state index contributed by atoms with van der Waals surface area (Å²) in [4.78, 5) is 8.51. The van der Waals surface area contributed by atoms with Crippen molar-refractivity contribution in [2.45, 2.75) is 6.92 Å². The lowest BCUT2D eigenvalue weighted by atomic mass is 10.1. The first-order valence-corrected chi connectivity index (χ1v) is 5.32. The first kappa shape index (κ1) is 11.3. The van der Waals surface area contributed by atoms with Gasteiger partial charge < -0.3 is 5.43 Å². The first-order chi connectivity index (χ1) is 8.31. The number of aryl methyl sites for hydroxylation is 1. The van der Waals surface area contributed by atoms with Gasteiger partial charge in [-0.25, -0.2) is 10.8 Å². The van der Waals surface area contributed by atoms with E-state index in [0.29, 0.717) is 5.84 Å². The number of amidine groups is 1. The van der Waals surface area contributed by atoms with E-state index >= 15 is 0 Å². The molecule has 0 amide bonds. The Labute approximate surface area is 100 Å². The Hall–Kier alpha value is -2.20. The Kier molecular flexibility index (Phi) is 3.47. The molecule has 0 unspecified atom stereocenters. The molecule has 17 heavy (non-hydrogen) atoms. The van der Waals surface area contributed by atoms with Gasteiger partial charge in [0.15, 0.2) is 0 Å². The molecule has 2 rings (SSSR count). The topological polar surface area (TPSA) is 63.3 Å². The van der Waals surface area contributed by atoms with Gasteiger partial charge in [-0.3, -0.25) is 4.98 Å². The summed E-state index contributed by atoms with van der Waals surface area (Å²) in [6.45, 7) is 1.97. The Balaban J connectivity index is 2.41. The molecule has 0 atom stereocenters. The summed E-state index contributed by atoms with van der Waals surface area (Å²) >= 11 is 0. The number of nitrogens with zero attached hydrogens (tertiary/aromatic N) is 2. The lowest BCUT2D eigenvalue weighted by molar-refractivity contribution is 1.02. The van der Waals surface area contributed by atoms with Crippen LogP contribution in [-0.4, -0.2) is 10.8 Å². The van der Waals surface area contributed by atoms with Crippen LogP contribution in [0.1, 0.15) is 11.1 Å². The van der Waals surface area contributed by atoms with E-state index in [-0.39, 0.29) is 0 Å². The van der Waals surface area contributed by atoms with Crippen LogP contribution in [0, 0.1) is 6.92 Å². The second-order valence-corrected chi connectivity index (χ2v) is 3.63. The molecule has 4 heteroatoms. The van der Waals surface area contributed by atoms with Gasteiger partial charge in [0.25, 0.3) is 0 Å². The predicted octanol–water partition coefficient (Wildman–Crippen LogP) is 1.93. The maximum atomic E-state index is 5.52. The van der Waals surface area contributed by atoms with Gasteiger partial charge in [-0.1, -0.05) is 18.2 Å². The number of para-hydroxylation sites is 1. The molecule has 0 bridgehead atoms. The zero-order valence-electron chi connectivity index (χ0n) is 9.59. The molecule has 4 nitrogen and oxygen atoms in total. The molecule has 86 valence electrons. The molecule has 0 spiro atoms. The van der Waals surface area contributed by atoms with E-state index in [9.17, 15) is 0 Å². The number of benzene rings is 1. The van der Waals surface area contributed by atoms with Crippen LogP contribution in [0.2, 0.25) is 0 Å². The first-order valence-electron chi connectivity index (χ1n) is 5.32. The van der Waals surface area contributed by atoms with Crippen LogP contribution < -0.4 is 11.3 Å². The number of hydrazine groups is 1. The van der Waals surface area contributed by atoms with Crippen molar-refractivity contribution in [3.8, 4) is 0 Å². The highest BCUT2D eigenvalue weighted by Gasteiger charge is 2.04. The van der Waals surface area contributed by atoms with Crippen LogP contribution in [0.25, 0.3) is 0 Å². The lowest BCUT2D eigenvalue weighted by Gasteiger charge is -2.08. The molecule has 0 aliphatic carbocycles. The second-order valence-electron chi connectivity index (χ2n) is 3.63. The predicted molar refractivity (Wildman–Crippen MR) is 68.9 cm³/mol. The number of hydrogen-bond donors (Lipinski definition) is 2. The van der Waals surface area contributed by atoms with E-state index < -0.39 is 0 Å². The van der Waals surface area contributed by atoms with Crippen LogP contribution in [0.5, 0.6) is 0 Å². The van der Waals surface area contributed by atoms with Gasteiger partial charge in [-0.05, 0) is 30.7 Å². The fourth-order valence-corrected chi connectivity index (χ4v) is 1.54. The van der Waals surface area contributed by atoms with Crippen molar-refractivity contribution < 1.29 is 0 Å². The number of pyridine rings is 1. The average molecular weight is 226 g/mol.